The lowest BCUT2D eigenvalue weighted by molar-refractivity contribution is 0.968. The zero-order valence-corrected chi connectivity index (χ0v) is 6.87. The Morgan fingerprint density at radius 1 is 1.60 bits per heavy atom. The fourth-order valence-electron chi connectivity index (χ4n) is 1.01. The lowest BCUT2D eigenvalue weighted by Gasteiger charge is -2.14. The highest BCUT2D eigenvalue weighted by molar-refractivity contribution is 6.32. The van der Waals surface area contributed by atoms with Gasteiger partial charge in [-0.15, -0.1) is 0 Å². The predicted octanol–water partition coefficient (Wildman–Crippen LogP) is 2.72. The average molecular weight is 156 g/mol. The van der Waals surface area contributed by atoms with Crippen LogP contribution < -0.4 is 0 Å². The molecule has 0 bridgehead atoms. The van der Waals surface area contributed by atoms with E-state index in [2.05, 4.69) is 0 Å². The molecule has 10 heavy (non-hydrogen) atoms. The van der Waals surface area contributed by atoms with Crippen molar-refractivity contribution in [2.45, 2.75) is 13.8 Å². The summed E-state index contributed by atoms with van der Waals surface area (Å²) in [5.41, 5.74) is 1.64. The summed E-state index contributed by atoms with van der Waals surface area (Å²) >= 11 is 5.76. The number of nitrogens with one attached hydrogen (secondary N) is 1. The van der Waals surface area contributed by atoms with Crippen molar-refractivity contribution >= 4 is 17.3 Å². The van der Waals surface area contributed by atoms with Gasteiger partial charge in [-0.25, -0.2) is 0 Å². The third kappa shape index (κ3) is 1.29. The topological polar surface area (TPSA) is 23.9 Å². The molecule has 1 N–H and O–H groups in total. The summed E-state index contributed by atoms with van der Waals surface area (Å²) in [4.78, 5) is 0. The molecule has 0 aromatic carbocycles. The first-order valence-corrected chi connectivity index (χ1v) is 3.63. The van der Waals surface area contributed by atoms with Crippen LogP contribution in [0.2, 0.25) is 0 Å². The van der Waals surface area contributed by atoms with Gasteiger partial charge in [-0.1, -0.05) is 24.6 Å². The van der Waals surface area contributed by atoms with Crippen LogP contribution in [0.3, 0.4) is 0 Å². The molecular weight excluding hydrogens is 146 g/mol. The summed E-state index contributed by atoms with van der Waals surface area (Å²) in [5.74, 6) is 0.178. The number of allylic oxidation sites excluding steroid dienone is 4. The molecule has 0 aromatic rings. The Labute approximate surface area is 65.9 Å². The van der Waals surface area contributed by atoms with E-state index in [1.54, 1.807) is 0 Å². The van der Waals surface area contributed by atoms with Crippen LogP contribution in [0.15, 0.2) is 22.8 Å². The van der Waals surface area contributed by atoms with Crippen molar-refractivity contribution in [2.75, 3.05) is 0 Å². The van der Waals surface area contributed by atoms with Crippen LogP contribution in [0.1, 0.15) is 13.8 Å². The zero-order chi connectivity index (χ0) is 7.72. The smallest absolute Gasteiger partial charge is 0.0410 e. The summed E-state index contributed by atoms with van der Waals surface area (Å²) in [5, 5.41) is 8.27. The lowest BCUT2D eigenvalue weighted by Crippen LogP contribution is -2.11. The highest BCUT2D eigenvalue weighted by atomic mass is 35.5. The molecule has 0 heterocycles. The first-order valence-electron chi connectivity index (χ1n) is 3.25. The SMILES string of the molecule is CC1=CC(Cl)=CC(C)C1=N. The van der Waals surface area contributed by atoms with Crippen LogP contribution in [0.4, 0.5) is 0 Å². The minimum Gasteiger partial charge on any atom is -0.304 e. The van der Waals surface area contributed by atoms with Crippen LogP contribution in [0.5, 0.6) is 0 Å². The van der Waals surface area contributed by atoms with Gasteiger partial charge in [0, 0.05) is 16.7 Å². The molecule has 1 rings (SSSR count). The van der Waals surface area contributed by atoms with Crippen molar-refractivity contribution in [3.05, 3.63) is 22.8 Å². The Morgan fingerprint density at radius 3 is 2.70 bits per heavy atom. The van der Waals surface area contributed by atoms with E-state index in [1.165, 1.54) is 0 Å². The predicted molar refractivity (Wildman–Crippen MR) is 44.6 cm³/mol. The first kappa shape index (κ1) is 7.55. The Balaban J connectivity index is 2.95. The molecule has 1 atom stereocenters. The van der Waals surface area contributed by atoms with Crippen molar-refractivity contribution in [1.82, 2.24) is 0 Å². The second-order valence-electron chi connectivity index (χ2n) is 2.58. The molecule has 0 radical (unpaired) electrons. The maximum atomic E-state index is 7.52. The summed E-state index contributed by atoms with van der Waals surface area (Å²) in [6.07, 6.45) is 3.71. The van der Waals surface area contributed by atoms with E-state index in [9.17, 15) is 0 Å². The molecule has 0 saturated carbocycles. The summed E-state index contributed by atoms with van der Waals surface area (Å²) in [7, 11) is 0. The molecule has 1 aliphatic carbocycles. The van der Waals surface area contributed by atoms with E-state index < -0.39 is 0 Å². The number of rotatable bonds is 0. The Hall–Kier alpha value is -0.560. The molecule has 0 fully saturated rings. The van der Waals surface area contributed by atoms with Gasteiger partial charge in [0.25, 0.3) is 0 Å². The molecule has 1 unspecified atom stereocenters. The standard InChI is InChI=1S/C8H10ClN/c1-5-3-7(9)4-6(2)8(5)10/h3-5,10H,1-2H3. The van der Waals surface area contributed by atoms with Crippen molar-refractivity contribution in [1.29, 1.82) is 5.41 Å². The van der Waals surface area contributed by atoms with E-state index in [0.717, 1.165) is 10.6 Å². The van der Waals surface area contributed by atoms with Crippen molar-refractivity contribution < 1.29 is 0 Å². The fraction of sp³-hybridized carbons (Fsp3) is 0.375. The minimum absolute atomic E-state index is 0.178. The third-order valence-electron chi connectivity index (χ3n) is 1.64. The highest BCUT2D eigenvalue weighted by Crippen LogP contribution is 2.20. The molecular formula is C8H10ClN. The number of hydrogen-bond donors (Lipinski definition) is 1. The zero-order valence-electron chi connectivity index (χ0n) is 6.11. The fourth-order valence-corrected chi connectivity index (χ4v) is 1.37. The normalized spacial score (nSPS) is 25.9. The molecule has 1 nitrogen and oxygen atoms in total. The number of halogens is 1. The van der Waals surface area contributed by atoms with Crippen molar-refractivity contribution in [2.24, 2.45) is 5.92 Å². The molecule has 1 aliphatic rings. The molecule has 0 aliphatic heterocycles. The Morgan fingerprint density at radius 2 is 2.20 bits per heavy atom. The van der Waals surface area contributed by atoms with Crippen LogP contribution in [0.25, 0.3) is 0 Å². The maximum absolute atomic E-state index is 7.52. The van der Waals surface area contributed by atoms with Gasteiger partial charge in [0.2, 0.25) is 0 Å². The van der Waals surface area contributed by atoms with Crippen LogP contribution in [0, 0.1) is 11.3 Å². The molecule has 54 valence electrons. The van der Waals surface area contributed by atoms with E-state index in [1.807, 2.05) is 26.0 Å². The van der Waals surface area contributed by atoms with Gasteiger partial charge in [0.05, 0.1) is 0 Å². The Bertz CT molecular complexity index is 225. The van der Waals surface area contributed by atoms with Gasteiger partial charge >= 0.3 is 0 Å². The highest BCUT2D eigenvalue weighted by Gasteiger charge is 2.12. The average Bonchev–Trinajstić information content (AvgIpc) is 1.82. The van der Waals surface area contributed by atoms with E-state index in [4.69, 9.17) is 17.0 Å². The summed E-state index contributed by atoms with van der Waals surface area (Å²) < 4.78 is 0. The second kappa shape index (κ2) is 2.59. The quantitative estimate of drug-likeness (QED) is 0.556. The van der Waals surface area contributed by atoms with Crippen molar-refractivity contribution in [3.8, 4) is 0 Å². The third-order valence-corrected chi connectivity index (χ3v) is 1.88. The van der Waals surface area contributed by atoms with Gasteiger partial charge in [0.15, 0.2) is 0 Å². The van der Waals surface area contributed by atoms with Gasteiger partial charge in [-0.05, 0) is 18.6 Å². The van der Waals surface area contributed by atoms with Gasteiger partial charge in [-0.3, -0.25) is 0 Å². The van der Waals surface area contributed by atoms with E-state index in [-0.39, 0.29) is 5.92 Å². The molecule has 0 spiro atoms. The van der Waals surface area contributed by atoms with Gasteiger partial charge in [-0.2, -0.15) is 0 Å². The molecule has 0 aromatic heterocycles. The maximum Gasteiger partial charge on any atom is 0.0410 e. The molecule has 0 saturated heterocycles. The van der Waals surface area contributed by atoms with Crippen LogP contribution >= 0.6 is 11.6 Å². The van der Waals surface area contributed by atoms with Gasteiger partial charge in [0.1, 0.15) is 0 Å². The Kier molecular flexibility index (Phi) is 1.95. The van der Waals surface area contributed by atoms with Crippen LogP contribution in [-0.2, 0) is 0 Å². The monoisotopic (exact) mass is 155 g/mol. The summed E-state index contributed by atoms with van der Waals surface area (Å²) in [6.45, 7) is 3.88. The van der Waals surface area contributed by atoms with E-state index in [0.29, 0.717) is 5.71 Å². The van der Waals surface area contributed by atoms with E-state index >= 15 is 0 Å². The molecule has 0 amide bonds. The second-order valence-corrected chi connectivity index (χ2v) is 3.02. The van der Waals surface area contributed by atoms with Crippen LogP contribution in [-0.4, -0.2) is 5.71 Å². The summed E-state index contributed by atoms with van der Waals surface area (Å²) in [6, 6.07) is 0. The molecule has 2 heteroatoms. The van der Waals surface area contributed by atoms with Gasteiger partial charge < -0.3 is 5.41 Å². The minimum atomic E-state index is 0.178. The lowest BCUT2D eigenvalue weighted by atomic mass is 9.95. The van der Waals surface area contributed by atoms with Crippen molar-refractivity contribution in [3.63, 3.8) is 0 Å². The number of hydrogen-bond acceptors (Lipinski definition) is 1. The largest absolute Gasteiger partial charge is 0.304 e. The first-order chi connectivity index (χ1) is 4.61.